The number of ether oxygens (including phenoxy) is 1. The van der Waals surface area contributed by atoms with Crippen LogP contribution in [0.2, 0.25) is 0 Å². The maximum atomic E-state index is 5.85. The zero-order valence-electron chi connectivity index (χ0n) is 11.1. The summed E-state index contributed by atoms with van der Waals surface area (Å²) in [6.45, 7) is 6.63. The lowest BCUT2D eigenvalue weighted by atomic mass is 10.1. The summed E-state index contributed by atoms with van der Waals surface area (Å²) in [5, 5.41) is 3.52. The molecule has 0 aromatic carbocycles. The standard InChI is InChI=1S/C14H29NO/c1-3-11-15-13(2)8-6-7-12-16-14-9-4-5-10-14/h13-15H,3-12H2,1-2H3. The molecule has 0 heterocycles. The molecule has 1 rings (SSSR count). The first-order valence-electron chi connectivity index (χ1n) is 7.18. The highest BCUT2D eigenvalue weighted by Gasteiger charge is 2.14. The van der Waals surface area contributed by atoms with Gasteiger partial charge in [-0.1, -0.05) is 19.8 Å². The van der Waals surface area contributed by atoms with Crippen LogP contribution in [0.5, 0.6) is 0 Å². The molecule has 0 aromatic heterocycles. The van der Waals surface area contributed by atoms with Crippen molar-refractivity contribution in [3.8, 4) is 0 Å². The third-order valence-electron chi connectivity index (χ3n) is 3.43. The Morgan fingerprint density at radius 1 is 1.25 bits per heavy atom. The van der Waals surface area contributed by atoms with E-state index in [1.54, 1.807) is 0 Å². The van der Waals surface area contributed by atoms with E-state index in [1.807, 2.05) is 0 Å². The third-order valence-corrected chi connectivity index (χ3v) is 3.43. The summed E-state index contributed by atoms with van der Waals surface area (Å²) in [7, 11) is 0. The molecule has 1 fully saturated rings. The minimum absolute atomic E-state index is 0.593. The van der Waals surface area contributed by atoms with E-state index in [-0.39, 0.29) is 0 Å². The normalized spacial score (nSPS) is 19.1. The molecule has 16 heavy (non-hydrogen) atoms. The topological polar surface area (TPSA) is 21.3 Å². The van der Waals surface area contributed by atoms with Crippen molar-refractivity contribution in [3.05, 3.63) is 0 Å². The van der Waals surface area contributed by atoms with Crippen molar-refractivity contribution < 1.29 is 4.74 Å². The van der Waals surface area contributed by atoms with E-state index in [9.17, 15) is 0 Å². The fraction of sp³-hybridized carbons (Fsp3) is 1.00. The monoisotopic (exact) mass is 227 g/mol. The molecule has 0 aromatic rings. The second-order valence-electron chi connectivity index (χ2n) is 5.13. The van der Waals surface area contributed by atoms with Crippen LogP contribution >= 0.6 is 0 Å². The Labute approximate surface area is 101 Å². The van der Waals surface area contributed by atoms with Crippen LogP contribution in [0.4, 0.5) is 0 Å². The zero-order chi connectivity index (χ0) is 11.6. The molecule has 0 radical (unpaired) electrons. The van der Waals surface area contributed by atoms with Gasteiger partial charge in [0.15, 0.2) is 0 Å². The second kappa shape index (κ2) is 9.00. The van der Waals surface area contributed by atoms with Gasteiger partial charge in [-0.05, 0) is 52.0 Å². The fourth-order valence-electron chi connectivity index (χ4n) is 2.35. The zero-order valence-corrected chi connectivity index (χ0v) is 11.1. The van der Waals surface area contributed by atoms with Crippen molar-refractivity contribution in [2.24, 2.45) is 0 Å². The van der Waals surface area contributed by atoms with Crippen LogP contribution in [0.3, 0.4) is 0 Å². The molecule has 2 nitrogen and oxygen atoms in total. The molecule has 1 aliphatic carbocycles. The highest BCUT2D eigenvalue weighted by molar-refractivity contribution is 4.66. The third kappa shape index (κ3) is 6.49. The maximum Gasteiger partial charge on any atom is 0.0575 e. The summed E-state index contributed by atoms with van der Waals surface area (Å²) in [5.41, 5.74) is 0. The van der Waals surface area contributed by atoms with Crippen LogP contribution < -0.4 is 5.32 Å². The van der Waals surface area contributed by atoms with Crippen molar-refractivity contribution in [2.75, 3.05) is 13.2 Å². The molecular formula is C14H29NO. The van der Waals surface area contributed by atoms with Gasteiger partial charge in [0.25, 0.3) is 0 Å². The van der Waals surface area contributed by atoms with Gasteiger partial charge in [-0.3, -0.25) is 0 Å². The molecule has 2 heteroatoms. The van der Waals surface area contributed by atoms with Crippen molar-refractivity contribution in [3.63, 3.8) is 0 Å². The van der Waals surface area contributed by atoms with Gasteiger partial charge in [0.2, 0.25) is 0 Å². The van der Waals surface area contributed by atoms with E-state index in [1.165, 1.54) is 51.4 Å². The van der Waals surface area contributed by atoms with Crippen LogP contribution in [0.1, 0.15) is 65.2 Å². The lowest BCUT2D eigenvalue weighted by Crippen LogP contribution is -2.26. The first-order valence-corrected chi connectivity index (χ1v) is 7.18. The van der Waals surface area contributed by atoms with Crippen LogP contribution in [0.25, 0.3) is 0 Å². The Bertz CT molecular complexity index is 155. The first kappa shape index (κ1) is 14.0. The molecule has 0 aliphatic heterocycles. The van der Waals surface area contributed by atoms with Gasteiger partial charge in [-0.2, -0.15) is 0 Å². The second-order valence-corrected chi connectivity index (χ2v) is 5.13. The SMILES string of the molecule is CCCNC(C)CCCCOC1CCCC1. The molecule has 0 saturated heterocycles. The Morgan fingerprint density at radius 3 is 2.69 bits per heavy atom. The molecule has 0 spiro atoms. The average molecular weight is 227 g/mol. The average Bonchev–Trinajstić information content (AvgIpc) is 2.79. The van der Waals surface area contributed by atoms with Crippen molar-refractivity contribution in [1.82, 2.24) is 5.32 Å². The maximum absolute atomic E-state index is 5.85. The fourth-order valence-corrected chi connectivity index (χ4v) is 2.35. The van der Waals surface area contributed by atoms with E-state index < -0.39 is 0 Å². The quantitative estimate of drug-likeness (QED) is 0.609. The van der Waals surface area contributed by atoms with E-state index in [4.69, 9.17) is 4.74 Å². The number of rotatable bonds is 9. The predicted molar refractivity (Wildman–Crippen MR) is 69.8 cm³/mol. The Balaban J connectivity index is 1.83. The number of nitrogens with one attached hydrogen (secondary N) is 1. The van der Waals surface area contributed by atoms with E-state index in [2.05, 4.69) is 19.2 Å². The van der Waals surface area contributed by atoms with Gasteiger partial charge in [0.1, 0.15) is 0 Å². The minimum Gasteiger partial charge on any atom is -0.378 e. The predicted octanol–water partition coefficient (Wildman–Crippen LogP) is 3.50. The molecule has 1 N–H and O–H groups in total. The molecule has 0 bridgehead atoms. The number of unbranched alkanes of at least 4 members (excludes halogenated alkanes) is 1. The Morgan fingerprint density at radius 2 is 2.00 bits per heavy atom. The summed E-state index contributed by atoms with van der Waals surface area (Å²) in [6, 6.07) is 0.673. The van der Waals surface area contributed by atoms with Crippen LogP contribution in [0.15, 0.2) is 0 Å². The van der Waals surface area contributed by atoms with Crippen molar-refractivity contribution in [2.45, 2.75) is 77.4 Å². The lowest BCUT2D eigenvalue weighted by Gasteiger charge is -2.14. The molecule has 1 atom stereocenters. The van der Waals surface area contributed by atoms with Crippen molar-refractivity contribution in [1.29, 1.82) is 0 Å². The number of hydrogen-bond donors (Lipinski definition) is 1. The largest absolute Gasteiger partial charge is 0.378 e. The van der Waals surface area contributed by atoms with Gasteiger partial charge < -0.3 is 10.1 Å². The van der Waals surface area contributed by atoms with E-state index in [0.717, 1.165) is 13.2 Å². The molecule has 1 saturated carbocycles. The van der Waals surface area contributed by atoms with Crippen LogP contribution in [0, 0.1) is 0 Å². The molecule has 0 amide bonds. The van der Waals surface area contributed by atoms with Gasteiger partial charge in [0, 0.05) is 12.6 Å². The summed E-state index contributed by atoms with van der Waals surface area (Å²) >= 11 is 0. The van der Waals surface area contributed by atoms with E-state index in [0.29, 0.717) is 12.1 Å². The number of hydrogen-bond acceptors (Lipinski definition) is 2. The Kier molecular flexibility index (Phi) is 7.87. The van der Waals surface area contributed by atoms with Crippen LogP contribution in [-0.2, 0) is 4.74 Å². The minimum atomic E-state index is 0.593. The molecule has 96 valence electrons. The van der Waals surface area contributed by atoms with E-state index >= 15 is 0 Å². The summed E-state index contributed by atoms with van der Waals surface area (Å²) in [5.74, 6) is 0. The van der Waals surface area contributed by atoms with Crippen LogP contribution in [-0.4, -0.2) is 25.3 Å². The van der Waals surface area contributed by atoms with Crippen molar-refractivity contribution >= 4 is 0 Å². The van der Waals surface area contributed by atoms with Gasteiger partial charge in [0.05, 0.1) is 6.10 Å². The summed E-state index contributed by atoms with van der Waals surface area (Å²) in [6.07, 6.45) is 11.0. The molecular weight excluding hydrogens is 198 g/mol. The molecule has 1 unspecified atom stereocenters. The highest BCUT2D eigenvalue weighted by Crippen LogP contribution is 2.21. The van der Waals surface area contributed by atoms with Gasteiger partial charge in [-0.25, -0.2) is 0 Å². The van der Waals surface area contributed by atoms with Gasteiger partial charge >= 0.3 is 0 Å². The highest BCUT2D eigenvalue weighted by atomic mass is 16.5. The summed E-state index contributed by atoms with van der Waals surface area (Å²) in [4.78, 5) is 0. The Hall–Kier alpha value is -0.0800. The summed E-state index contributed by atoms with van der Waals surface area (Å²) < 4.78 is 5.85. The molecule has 1 aliphatic rings. The first-order chi connectivity index (χ1) is 7.83. The lowest BCUT2D eigenvalue weighted by molar-refractivity contribution is 0.0554. The van der Waals surface area contributed by atoms with Gasteiger partial charge in [-0.15, -0.1) is 0 Å². The smallest absolute Gasteiger partial charge is 0.0575 e.